The third kappa shape index (κ3) is 4.54. The second-order valence-corrected chi connectivity index (χ2v) is 8.33. The van der Waals surface area contributed by atoms with E-state index in [2.05, 4.69) is 5.32 Å². The number of ether oxygens (including phenoxy) is 1. The molecule has 2 heterocycles. The van der Waals surface area contributed by atoms with E-state index in [0.29, 0.717) is 21.1 Å². The summed E-state index contributed by atoms with van der Waals surface area (Å²) in [5.74, 6) is -0.735. The van der Waals surface area contributed by atoms with E-state index in [1.165, 1.54) is 24.7 Å². The van der Waals surface area contributed by atoms with Crippen molar-refractivity contribution >= 4 is 28.2 Å². The van der Waals surface area contributed by atoms with E-state index in [9.17, 15) is 19.2 Å². The number of esters is 1. The van der Waals surface area contributed by atoms with Gasteiger partial charge < -0.3 is 10.1 Å². The fourth-order valence-corrected chi connectivity index (χ4v) is 3.13. The fourth-order valence-electron chi connectivity index (χ4n) is 2.17. The predicted molar refractivity (Wildman–Crippen MR) is 103 cm³/mol. The van der Waals surface area contributed by atoms with E-state index in [0.717, 1.165) is 15.9 Å². The highest BCUT2D eigenvalue weighted by Gasteiger charge is 2.23. The molecule has 0 fully saturated rings. The van der Waals surface area contributed by atoms with Crippen molar-refractivity contribution in [3.8, 4) is 0 Å². The Bertz CT molecular complexity index is 1010. The average Bonchev–Trinajstić information content (AvgIpc) is 2.94. The van der Waals surface area contributed by atoms with Gasteiger partial charge in [-0.2, -0.15) is 0 Å². The number of nitrogens with one attached hydrogen (secondary N) is 1. The van der Waals surface area contributed by atoms with Crippen molar-refractivity contribution < 1.29 is 14.3 Å². The maximum atomic E-state index is 12.4. The molecule has 0 aromatic carbocycles. The lowest BCUT2D eigenvalue weighted by molar-refractivity contribution is -0.123. The molecule has 0 aliphatic carbocycles. The van der Waals surface area contributed by atoms with Crippen molar-refractivity contribution in [1.82, 2.24) is 9.13 Å². The van der Waals surface area contributed by atoms with Crippen LogP contribution in [0.5, 0.6) is 0 Å². The van der Waals surface area contributed by atoms with Crippen molar-refractivity contribution in [1.29, 1.82) is 0 Å². The van der Waals surface area contributed by atoms with Gasteiger partial charge in [-0.25, -0.2) is 9.59 Å². The zero-order valence-electron chi connectivity index (χ0n) is 16.2. The quantitative estimate of drug-likeness (QED) is 0.799. The van der Waals surface area contributed by atoms with Gasteiger partial charge in [-0.3, -0.25) is 18.7 Å². The molecular weight excluding hydrogens is 370 g/mol. The molecule has 0 unspecified atom stereocenters. The lowest BCUT2D eigenvalue weighted by atomic mass is 9.96. The van der Waals surface area contributed by atoms with Crippen molar-refractivity contribution in [2.75, 3.05) is 5.32 Å². The molecule has 0 saturated heterocycles. The summed E-state index contributed by atoms with van der Waals surface area (Å²) in [6.07, 6.45) is 0. The van der Waals surface area contributed by atoms with E-state index >= 15 is 0 Å². The molecule has 1 N–H and O–H groups in total. The van der Waals surface area contributed by atoms with E-state index in [1.807, 2.05) is 0 Å². The highest BCUT2D eigenvalue weighted by molar-refractivity contribution is 7.18. The standard InChI is InChI=1S/C18H23N3O5S/c1-10-7-12(19-16(24)18(2,3)4)27-14(10)15(23)26-9-11-8-13(22)21(6)17(25)20(11)5/h7-8H,9H2,1-6H3,(H,19,24). The predicted octanol–water partition coefficient (Wildman–Crippen LogP) is 1.80. The fraction of sp³-hybridized carbons (Fsp3) is 0.444. The molecular formula is C18H23N3O5S. The Hall–Kier alpha value is -2.68. The minimum absolute atomic E-state index is 0.154. The maximum Gasteiger partial charge on any atom is 0.349 e. The second-order valence-electron chi connectivity index (χ2n) is 7.28. The number of thiophene rings is 1. The normalized spacial score (nSPS) is 11.3. The summed E-state index contributed by atoms with van der Waals surface area (Å²) in [6, 6.07) is 2.96. The SMILES string of the molecule is Cc1cc(NC(=O)C(C)(C)C)sc1C(=O)OCc1cc(=O)n(C)c(=O)n1C. The number of carbonyl (C=O) groups is 2. The van der Waals surface area contributed by atoms with Crippen LogP contribution in [0.3, 0.4) is 0 Å². The molecule has 0 radical (unpaired) electrons. The Morgan fingerprint density at radius 1 is 1.15 bits per heavy atom. The zero-order valence-corrected chi connectivity index (χ0v) is 17.0. The summed E-state index contributed by atoms with van der Waals surface area (Å²) in [5.41, 5.74) is -0.543. The van der Waals surface area contributed by atoms with Crippen LogP contribution in [-0.4, -0.2) is 21.0 Å². The summed E-state index contributed by atoms with van der Waals surface area (Å²) >= 11 is 1.12. The van der Waals surface area contributed by atoms with Gasteiger partial charge >= 0.3 is 11.7 Å². The highest BCUT2D eigenvalue weighted by atomic mass is 32.1. The number of hydrogen-bond donors (Lipinski definition) is 1. The van der Waals surface area contributed by atoms with E-state index in [4.69, 9.17) is 4.74 Å². The lowest BCUT2D eigenvalue weighted by Gasteiger charge is -2.16. The highest BCUT2D eigenvalue weighted by Crippen LogP contribution is 2.29. The molecule has 0 bridgehead atoms. The molecule has 146 valence electrons. The number of carbonyl (C=O) groups excluding carboxylic acids is 2. The number of rotatable bonds is 4. The summed E-state index contributed by atoms with van der Waals surface area (Å²) in [4.78, 5) is 48.5. The molecule has 0 saturated carbocycles. The molecule has 1 amide bonds. The molecule has 9 heteroatoms. The van der Waals surface area contributed by atoms with E-state index < -0.39 is 22.6 Å². The van der Waals surface area contributed by atoms with E-state index in [1.54, 1.807) is 33.8 Å². The zero-order chi connectivity index (χ0) is 20.5. The average molecular weight is 393 g/mol. The molecule has 0 spiro atoms. The Morgan fingerprint density at radius 2 is 1.78 bits per heavy atom. The number of aromatic nitrogens is 2. The first kappa shape index (κ1) is 20.6. The van der Waals surface area contributed by atoms with Crippen molar-refractivity contribution in [2.45, 2.75) is 34.3 Å². The number of aryl methyl sites for hydroxylation is 1. The van der Waals surface area contributed by atoms with Crippen LogP contribution in [0.4, 0.5) is 5.00 Å². The van der Waals surface area contributed by atoms with E-state index in [-0.39, 0.29) is 12.5 Å². The van der Waals surface area contributed by atoms with Gasteiger partial charge in [0.25, 0.3) is 5.56 Å². The van der Waals surface area contributed by atoms with Crippen molar-refractivity contribution in [3.05, 3.63) is 49.1 Å². The summed E-state index contributed by atoms with van der Waals surface area (Å²) in [6.45, 7) is 6.93. The van der Waals surface area contributed by atoms with Crippen LogP contribution in [0.1, 0.15) is 41.7 Å². The number of amides is 1. The first-order chi connectivity index (χ1) is 12.4. The van der Waals surface area contributed by atoms with Crippen LogP contribution in [0, 0.1) is 12.3 Å². The monoisotopic (exact) mass is 393 g/mol. The number of hydrogen-bond acceptors (Lipinski definition) is 6. The van der Waals surface area contributed by atoms with Gasteiger partial charge in [-0.05, 0) is 18.6 Å². The van der Waals surface area contributed by atoms with Crippen molar-refractivity contribution in [3.63, 3.8) is 0 Å². The first-order valence-corrected chi connectivity index (χ1v) is 9.08. The van der Waals surface area contributed by atoms with Gasteiger partial charge in [-0.15, -0.1) is 11.3 Å². The smallest absolute Gasteiger partial charge is 0.349 e. The molecule has 2 rings (SSSR count). The minimum atomic E-state index is -0.582. The largest absolute Gasteiger partial charge is 0.455 e. The molecule has 27 heavy (non-hydrogen) atoms. The van der Waals surface area contributed by atoms with Crippen LogP contribution >= 0.6 is 11.3 Å². The topological polar surface area (TPSA) is 99.4 Å². The van der Waals surface area contributed by atoms with Gasteiger partial charge in [0.1, 0.15) is 11.5 Å². The first-order valence-electron chi connectivity index (χ1n) is 8.26. The van der Waals surface area contributed by atoms with Gasteiger partial charge in [0.2, 0.25) is 5.91 Å². The molecule has 0 aliphatic rings. The molecule has 2 aromatic heterocycles. The Morgan fingerprint density at radius 3 is 2.37 bits per heavy atom. The third-order valence-electron chi connectivity index (χ3n) is 4.00. The van der Waals surface area contributed by atoms with Gasteiger partial charge in [0, 0.05) is 25.6 Å². The van der Waals surface area contributed by atoms with Gasteiger partial charge in [-0.1, -0.05) is 20.8 Å². The van der Waals surface area contributed by atoms with Crippen LogP contribution in [0.15, 0.2) is 21.7 Å². The molecule has 2 aromatic rings. The Kier molecular flexibility index (Phi) is 5.74. The summed E-state index contributed by atoms with van der Waals surface area (Å²) in [7, 11) is 2.88. The third-order valence-corrected chi connectivity index (χ3v) is 5.13. The minimum Gasteiger partial charge on any atom is -0.455 e. The molecule has 8 nitrogen and oxygen atoms in total. The van der Waals surface area contributed by atoms with Crippen LogP contribution in [0.25, 0.3) is 0 Å². The second kappa shape index (κ2) is 7.51. The van der Waals surface area contributed by atoms with Gasteiger partial charge in [0.15, 0.2) is 0 Å². The Balaban J connectivity index is 2.15. The van der Waals surface area contributed by atoms with Crippen molar-refractivity contribution in [2.24, 2.45) is 19.5 Å². The summed E-state index contributed by atoms with van der Waals surface area (Å²) in [5, 5.41) is 3.34. The van der Waals surface area contributed by atoms with Crippen LogP contribution in [-0.2, 0) is 30.2 Å². The van der Waals surface area contributed by atoms with Crippen LogP contribution in [0.2, 0.25) is 0 Å². The Labute approximate surface area is 160 Å². The van der Waals surface area contributed by atoms with Gasteiger partial charge in [0.05, 0.1) is 10.7 Å². The number of anilines is 1. The summed E-state index contributed by atoms with van der Waals surface area (Å²) < 4.78 is 7.49. The lowest BCUT2D eigenvalue weighted by Crippen LogP contribution is -2.38. The number of nitrogens with zero attached hydrogens (tertiary/aromatic N) is 2. The molecule has 0 aliphatic heterocycles. The van der Waals surface area contributed by atoms with Crippen LogP contribution < -0.4 is 16.6 Å². The molecule has 0 atom stereocenters. The maximum absolute atomic E-state index is 12.4.